The second kappa shape index (κ2) is 5.76. The molecule has 1 aliphatic rings. The summed E-state index contributed by atoms with van der Waals surface area (Å²) in [5.74, 6) is 2.25. The molecular weight excluding hydrogens is 272 g/mol. The van der Waals surface area contributed by atoms with Crippen LogP contribution in [0.1, 0.15) is 50.5 Å². The van der Waals surface area contributed by atoms with Crippen molar-refractivity contribution in [2.45, 2.75) is 57.9 Å². The van der Waals surface area contributed by atoms with Crippen molar-refractivity contribution in [3.63, 3.8) is 0 Å². The minimum Gasteiger partial charge on any atom is -0.312 e. The number of alkyl halides is 1. The van der Waals surface area contributed by atoms with Crippen molar-refractivity contribution < 1.29 is 0 Å². The predicted octanol–water partition coefficient (Wildman–Crippen LogP) is 3.65. The highest BCUT2D eigenvalue weighted by atomic mass is 35.5. The van der Waals surface area contributed by atoms with Crippen molar-refractivity contribution in [3.05, 3.63) is 11.5 Å². The third-order valence-electron chi connectivity index (χ3n) is 4.39. The van der Waals surface area contributed by atoms with Crippen LogP contribution < -0.4 is 0 Å². The first kappa shape index (κ1) is 13.9. The van der Waals surface area contributed by atoms with Gasteiger partial charge in [-0.2, -0.15) is 5.10 Å². The summed E-state index contributed by atoms with van der Waals surface area (Å²) in [7, 11) is 2.02. The maximum absolute atomic E-state index is 6.11. The van der Waals surface area contributed by atoms with Gasteiger partial charge in [-0.05, 0) is 25.2 Å². The molecule has 2 aromatic rings. The smallest absolute Gasteiger partial charge is 0.158 e. The highest BCUT2D eigenvalue weighted by Crippen LogP contribution is 2.29. The molecule has 2 heterocycles. The first-order valence-electron chi connectivity index (χ1n) is 7.71. The van der Waals surface area contributed by atoms with Gasteiger partial charge in [-0.3, -0.25) is 4.68 Å². The summed E-state index contributed by atoms with van der Waals surface area (Å²) < 4.78 is 4.29. The number of nitrogens with zero attached hydrogens (tertiary/aromatic N) is 4. The van der Waals surface area contributed by atoms with Gasteiger partial charge in [-0.25, -0.2) is 4.98 Å². The van der Waals surface area contributed by atoms with E-state index in [1.54, 1.807) is 0 Å². The third kappa shape index (κ3) is 2.34. The van der Waals surface area contributed by atoms with Gasteiger partial charge in [-0.1, -0.05) is 26.2 Å². The van der Waals surface area contributed by atoms with Crippen molar-refractivity contribution in [2.24, 2.45) is 13.0 Å². The van der Waals surface area contributed by atoms with Crippen LogP contribution in [0.25, 0.3) is 11.2 Å². The Bertz CT molecular complexity index is 593. The van der Waals surface area contributed by atoms with E-state index in [1.165, 1.54) is 25.7 Å². The first-order chi connectivity index (χ1) is 9.74. The summed E-state index contributed by atoms with van der Waals surface area (Å²) in [5, 5.41) is 4.64. The van der Waals surface area contributed by atoms with E-state index in [0.717, 1.165) is 48.0 Å². The molecule has 0 N–H and O–H groups in total. The Hall–Kier alpha value is -1.03. The fourth-order valence-corrected chi connectivity index (χ4v) is 3.64. The van der Waals surface area contributed by atoms with E-state index in [0.29, 0.717) is 5.88 Å². The molecule has 1 saturated carbocycles. The summed E-state index contributed by atoms with van der Waals surface area (Å²) in [6.45, 7) is 3.22. The van der Waals surface area contributed by atoms with Crippen molar-refractivity contribution in [1.29, 1.82) is 0 Å². The molecule has 1 aliphatic carbocycles. The van der Waals surface area contributed by atoms with Crippen molar-refractivity contribution in [2.75, 3.05) is 0 Å². The molecule has 0 saturated heterocycles. The molecule has 110 valence electrons. The number of aryl methyl sites for hydroxylation is 2. The van der Waals surface area contributed by atoms with E-state index >= 15 is 0 Å². The molecule has 0 radical (unpaired) electrons. The zero-order chi connectivity index (χ0) is 14.1. The lowest BCUT2D eigenvalue weighted by Crippen LogP contribution is -2.12. The Balaban J connectivity index is 2.03. The van der Waals surface area contributed by atoms with Crippen molar-refractivity contribution in [3.8, 4) is 0 Å². The molecule has 20 heavy (non-hydrogen) atoms. The van der Waals surface area contributed by atoms with Crippen LogP contribution in [0.2, 0.25) is 0 Å². The average Bonchev–Trinajstić information content (AvgIpc) is 3.11. The number of fused-ring (bicyclic) bond motifs is 1. The lowest BCUT2D eigenvalue weighted by molar-refractivity contribution is 0.452. The largest absolute Gasteiger partial charge is 0.312 e. The summed E-state index contributed by atoms with van der Waals surface area (Å²) in [6.07, 6.45) is 7.48. The number of hydrogen-bond acceptors (Lipinski definition) is 2. The normalized spacial score (nSPS) is 16.6. The van der Waals surface area contributed by atoms with E-state index in [1.807, 2.05) is 11.7 Å². The molecule has 4 nitrogen and oxygen atoms in total. The maximum atomic E-state index is 6.11. The first-order valence-corrected chi connectivity index (χ1v) is 8.25. The van der Waals surface area contributed by atoms with Crippen molar-refractivity contribution >= 4 is 22.8 Å². The third-order valence-corrected chi connectivity index (χ3v) is 4.63. The topological polar surface area (TPSA) is 35.6 Å². The highest BCUT2D eigenvalue weighted by Gasteiger charge is 2.22. The van der Waals surface area contributed by atoms with Gasteiger partial charge in [0.15, 0.2) is 5.65 Å². The van der Waals surface area contributed by atoms with E-state index in [9.17, 15) is 0 Å². The molecule has 0 aliphatic heterocycles. The number of rotatable bonds is 5. The van der Waals surface area contributed by atoms with Crippen LogP contribution in [0.5, 0.6) is 0 Å². The highest BCUT2D eigenvalue weighted by molar-refractivity contribution is 6.16. The second-order valence-corrected chi connectivity index (χ2v) is 6.18. The van der Waals surface area contributed by atoms with Gasteiger partial charge in [0.1, 0.15) is 11.3 Å². The monoisotopic (exact) mass is 294 g/mol. The molecule has 1 fully saturated rings. The van der Waals surface area contributed by atoms with Crippen LogP contribution in [0.4, 0.5) is 0 Å². The number of aromatic nitrogens is 4. The van der Waals surface area contributed by atoms with Crippen molar-refractivity contribution in [1.82, 2.24) is 19.3 Å². The summed E-state index contributed by atoms with van der Waals surface area (Å²) in [5.41, 5.74) is 3.32. The number of imidazole rings is 1. The molecule has 0 spiro atoms. The van der Waals surface area contributed by atoms with Gasteiger partial charge in [-0.15, -0.1) is 11.6 Å². The van der Waals surface area contributed by atoms with Gasteiger partial charge in [0.2, 0.25) is 0 Å². The number of halogens is 1. The Morgan fingerprint density at radius 2 is 2.05 bits per heavy atom. The van der Waals surface area contributed by atoms with Crippen LogP contribution in [-0.4, -0.2) is 19.3 Å². The molecule has 0 aromatic carbocycles. The minimum atomic E-state index is 0.479. The Morgan fingerprint density at radius 3 is 2.70 bits per heavy atom. The molecule has 0 bridgehead atoms. The number of hydrogen-bond donors (Lipinski definition) is 0. The van der Waals surface area contributed by atoms with Gasteiger partial charge in [0.25, 0.3) is 0 Å². The molecule has 3 rings (SSSR count). The zero-order valence-electron chi connectivity index (χ0n) is 12.4. The summed E-state index contributed by atoms with van der Waals surface area (Å²) in [6, 6.07) is 0. The van der Waals surface area contributed by atoms with E-state index in [4.69, 9.17) is 16.6 Å². The predicted molar refractivity (Wildman–Crippen MR) is 82.0 cm³/mol. The van der Waals surface area contributed by atoms with Crippen LogP contribution in [0, 0.1) is 5.92 Å². The van der Waals surface area contributed by atoms with Gasteiger partial charge >= 0.3 is 0 Å². The van der Waals surface area contributed by atoms with E-state index < -0.39 is 0 Å². The standard InChI is InChI=1S/C15H23ClN4/c1-3-6-12-14-15(19(2)18-12)20(13(9-16)17-14)10-11-7-4-5-8-11/h11H,3-10H2,1-2H3. The van der Waals surface area contributed by atoms with E-state index in [2.05, 4.69) is 16.6 Å². The van der Waals surface area contributed by atoms with Crippen LogP contribution in [0.15, 0.2) is 0 Å². The molecule has 5 heteroatoms. The van der Waals surface area contributed by atoms with Gasteiger partial charge in [0.05, 0.1) is 11.6 Å². The van der Waals surface area contributed by atoms with Gasteiger partial charge < -0.3 is 4.57 Å². The molecule has 0 unspecified atom stereocenters. The summed E-state index contributed by atoms with van der Waals surface area (Å²) >= 11 is 6.11. The molecular formula is C15H23ClN4. The van der Waals surface area contributed by atoms with Crippen LogP contribution in [-0.2, 0) is 25.9 Å². The molecule has 0 amide bonds. The lowest BCUT2D eigenvalue weighted by Gasteiger charge is -2.13. The average molecular weight is 295 g/mol. The Kier molecular flexibility index (Phi) is 4.01. The lowest BCUT2D eigenvalue weighted by atomic mass is 10.1. The van der Waals surface area contributed by atoms with Crippen LogP contribution in [0.3, 0.4) is 0 Å². The Morgan fingerprint density at radius 1 is 1.30 bits per heavy atom. The van der Waals surface area contributed by atoms with E-state index in [-0.39, 0.29) is 0 Å². The van der Waals surface area contributed by atoms with Crippen LogP contribution >= 0.6 is 11.6 Å². The fourth-order valence-electron chi connectivity index (χ4n) is 3.44. The fraction of sp³-hybridized carbons (Fsp3) is 0.733. The second-order valence-electron chi connectivity index (χ2n) is 5.92. The quantitative estimate of drug-likeness (QED) is 0.789. The minimum absolute atomic E-state index is 0.479. The zero-order valence-corrected chi connectivity index (χ0v) is 13.2. The SMILES string of the molecule is CCCc1nn(C)c2c1nc(CCl)n2CC1CCCC1. The molecule has 2 aromatic heterocycles. The summed E-state index contributed by atoms with van der Waals surface area (Å²) in [4.78, 5) is 4.76. The Labute approximate surface area is 125 Å². The molecule has 0 atom stereocenters. The van der Waals surface area contributed by atoms with Gasteiger partial charge in [0, 0.05) is 13.6 Å². The maximum Gasteiger partial charge on any atom is 0.158 e.